The Kier molecular flexibility index (Phi) is 6.98. The van der Waals surface area contributed by atoms with Crippen molar-refractivity contribution >= 4 is 33.2 Å². The molecule has 1 saturated heterocycles. The van der Waals surface area contributed by atoms with Gasteiger partial charge in [0.05, 0.1) is 4.90 Å². The molecular weight excluding hydrogens is 440 g/mol. The summed E-state index contributed by atoms with van der Waals surface area (Å²) < 4.78 is 26.2. The number of carbonyl (C=O) groups excluding carboxylic acids is 1. The van der Waals surface area contributed by atoms with E-state index in [1.165, 1.54) is 0 Å². The number of benzene rings is 2. The second-order valence-corrected chi connectivity index (χ2v) is 12.5. The number of hydrogen-bond donors (Lipinski definition) is 1. The maximum Gasteiger partial charge on any atom is 0.246 e. The summed E-state index contributed by atoms with van der Waals surface area (Å²) in [6.07, 6.45) is 2.20. The number of nitrogens with one attached hydrogen (secondary N) is 1. The molecule has 2 fully saturated rings. The van der Waals surface area contributed by atoms with Crippen LogP contribution in [-0.4, -0.2) is 48.6 Å². The summed E-state index contributed by atoms with van der Waals surface area (Å²) in [6.45, 7) is 6.66. The zero-order chi connectivity index (χ0) is 22.8. The number of sulfone groups is 1. The molecule has 2 aromatic rings. The molecule has 0 radical (unpaired) electrons. The molecule has 0 unspecified atom stereocenters. The molecule has 5 nitrogen and oxygen atoms in total. The third kappa shape index (κ3) is 4.61. The summed E-state index contributed by atoms with van der Waals surface area (Å²) in [5.74, 6) is 1.90. The number of carbonyl (C=O) groups is 1. The zero-order valence-electron chi connectivity index (χ0n) is 18.9. The lowest BCUT2D eigenvalue weighted by atomic mass is 10.1. The van der Waals surface area contributed by atoms with Gasteiger partial charge in [0.15, 0.2) is 14.6 Å². The molecule has 0 bridgehead atoms. The van der Waals surface area contributed by atoms with Gasteiger partial charge in [-0.25, -0.2) is 8.42 Å². The van der Waals surface area contributed by atoms with Crippen molar-refractivity contribution in [3.63, 3.8) is 0 Å². The van der Waals surface area contributed by atoms with Gasteiger partial charge in [0.1, 0.15) is 0 Å². The molecule has 1 aliphatic heterocycles. The minimum Gasteiger partial charge on any atom is -0.325 e. The van der Waals surface area contributed by atoms with Crippen LogP contribution in [0.5, 0.6) is 0 Å². The van der Waals surface area contributed by atoms with E-state index in [4.69, 9.17) is 0 Å². The number of aryl methyl sites for hydroxylation is 2. The van der Waals surface area contributed by atoms with Gasteiger partial charge in [-0.2, -0.15) is 11.8 Å². The third-order valence-corrected chi connectivity index (χ3v) is 10.3. The highest BCUT2D eigenvalue weighted by Gasteiger charge is 2.53. The summed E-state index contributed by atoms with van der Waals surface area (Å²) in [4.78, 5) is 16.3. The Labute approximate surface area is 195 Å². The van der Waals surface area contributed by atoms with Gasteiger partial charge in [-0.3, -0.25) is 9.69 Å². The lowest BCUT2D eigenvalue weighted by Gasteiger charge is -2.29. The van der Waals surface area contributed by atoms with Gasteiger partial charge >= 0.3 is 0 Å². The van der Waals surface area contributed by atoms with Crippen molar-refractivity contribution in [2.75, 3.05) is 29.9 Å². The van der Waals surface area contributed by atoms with Crippen molar-refractivity contribution in [3.8, 4) is 0 Å². The molecule has 0 aromatic heterocycles. The van der Waals surface area contributed by atoms with Crippen LogP contribution in [0.25, 0.3) is 0 Å². The van der Waals surface area contributed by atoms with Crippen LogP contribution in [0.1, 0.15) is 42.4 Å². The maximum atomic E-state index is 13.8. The molecule has 1 saturated carbocycles. The van der Waals surface area contributed by atoms with E-state index < -0.39 is 20.5 Å². The van der Waals surface area contributed by atoms with E-state index in [0.717, 1.165) is 55.1 Å². The van der Waals surface area contributed by atoms with Crippen molar-refractivity contribution in [3.05, 3.63) is 59.2 Å². The molecule has 1 amide bonds. The molecular formula is C25H32N2O3S2. The smallest absolute Gasteiger partial charge is 0.246 e. The number of thioether (sulfide) groups is 1. The van der Waals surface area contributed by atoms with E-state index in [1.54, 1.807) is 13.0 Å². The van der Waals surface area contributed by atoms with Gasteiger partial charge in [-0.15, -0.1) is 0 Å². The van der Waals surface area contributed by atoms with Crippen molar-refractivity contribution in [2.45, 2.75) is 55.7 Å². The number of anilines is 1. The third-order valence-electron chi connectivity index (χ3n) is 6.67. The van der Waals surface area contributed by atoms with Gasteiger partial charge in [0, 0.05) is 36.8 Å². The Morgan fingerprint density at radius 1 is 1.06 bits per heavy atom. The average Bonchev–Trinajstić information content (AvgIpc) is 3.28. The van der Waals surface area contributed by atoms with Crippen LogP contribution >= 0.6 is 11.8 Å². The van der Waals surface area contributed by atoms with E-state index in [-0.39, 0.29) is 4.90 Å². The van der Waals surface area contributed by atoms with E-state index >= 15 is 0 Å². The maximum absolute atomic E-state index is 13.8. The highest BCUT2D eigenvalue weighted by Crippen LogP contribution is 2.42. The predicted molar refractivity (Wildman–Crippen MR) is 132 cm³/mol. The largest absolute Gasteiger partial charge is 0.325 e. The molecule has 1 N–H and O–H groups in total. The molecule has 7 heteroatoms. The van der Waals surface area contributed by atoms with Crippen LogP contribution in [0.2, 0.25) is 0 Å². The number of hydrogen-bond acceptors (Lipinski definition) is 5. The second kappa shape index (κ2) is 9.57. The molecule has 0 atom stereocenters. The summed E-state index contributed by atoms with van der Waals surface area (Å²) in [5, 5.41) is 2.97. The number of nitrogens with zero attached hydrogens (tertiary/aromatic N) is 1. The van der Waals surface area contributed by atoms with E-state index in [1.807, 2.05) is 49.0 Å². The van der Waals surface area contributed by atoms with Crippen molar-refractivity contribution < 1.29 is 13.2 Å². The van der Waals surface area contributed by atoms with E-state index in [2.05, 4.69) is 16.3 Å². The lowest BCUT2D eigenvalue weighted by Crippen LogP contribution is -2.47. The highest BCUT2D eigenvalue weighted by molar-refractivity contribution is 7.99. The lowest BCUT2D eigenvalue weighted by molar-refractivity contribution is -0.118. The molecule has 1 heterocycles. The Balaban J connectivity index is 1.59. The monoisotopic (exact) mass is 472 g/mol. The van der Waals surface area contributed by atoms with E-state index in [0.29, 0.717) is 24.1 Å². The Bertz CT molecular complexity index is 1090. The molecule has 2 aliphatic rings. The first-order chi connectivity index (χ1) is 15.3. The first-order valence-electron chi connectivity index (χ1n) is 11.3. The normalized spacial score (nSPS) is 19.1. The van der Waals surface area contributed by atoms with Crippen LogP contribution < -0.4 is 5.32 Å². The standard InChI is InChI=1S/C25H32N2O3S2/c1-19-8-9-20(2)23(16-19)32(29,30)25(10-3-4-11-25)24(28)26-22-7-5-6-21(17-22)18-27-12-14-31-15-13-27/h5-9,16-17H,3-4,10-15,18H2,1-2H3,(H,26,28). The van der Waals surface area contributed by atoms with Crippen molar-refractivity contribution in [1.82, 2.24) is 4.90 Å². The molecule has 4 rings (SSSR count). The van der Waals surface area contributed by atoms with Crippen LogP contribution in [-0.2, 0) is 21.2 Å². The minimum atomic E-state index is -3.83. The Morgan fingerprint density at radius 3 is 2.50 bits per heavy atom. The topological polar surface area (TPSA) is 66.5 Å². The fourth-order valence-electron chi connectivity index (χ4n) is 4.78. The summed E-state index contributed by atoms with van der Waals surface area (Å²) in [5.41, 5.74) is 3.37. The van der Waals surface area contributed by atoms with Crippen molar-refractivity contribution in [2.24, 2.45) is 0 Å². The minimum absolute atomic E-state index is 0.284. The zero-order valence-corrected chi connectivity index (χ0v) is 20.5. The quantitative estimate of drug-likeness (QED) is 0.667. The molecule has 32 heavy (non-hydrogen) atoms. The van der Waals surface area contributed by atoms with Gasteiger partial charge in [0.25, 0.3) is 0 Å². The predicted octanol–water partition coefficient (Wildman–Crippen LogP) is 4.58. The number of amides is 1. The Hall–Kier alpha value is -1.83. The SMILES string of the molecule is Cc1ccc(C)c(S(=O)(=O)C2(C(=O)Nc3cccc(CN4CCSCC4)c3)CCCC2)c1. The van der Waals surface area contributed by atoms with Crippen LogP contribution in [0.15, 0.2) is 47.4 Å². The van der Waals surface area contributed by atoms with Gasteiger partial charge in [-0.1, -0.05) is 37.1 Å². The van der Waals surface area contributed by atoms with E-state index in [9.17, 15) is 13.2 Å². The molecule has 1 aliphatic carbocycles. The van der Waals surface area contributed by atoms with Gasteiger partial charge < -0.3 is 5.32 Å². The number of rotatable bonds is 6. The molecule has 2 aromatic carbocycles. The highest BCUT2D eigenvalue weighted by atomic mass is 32.2. The Morgan fingerprint density at radius 2 is 1.78 bits per heavy atom. The fourth-order valence-corrected chi connectivity index (χ4v) is 8.14. The summed E-state index contributed by atoms with van der Waals surface area (Å²) in [6, 6.07) is 13.3. The van der Waals surface area contributed by atoms with Crippen LogP contribution in [0.3, 0.4) is 0 Å². The van der Waals surface area contributed by atoms with Gasteiger partial charge in [-0.05, 0) is 61.6 Å². The first-order valence-corrected chi connectivity index (χ1v) is 14.0. The first kappa shape index (κ1) is 23.3. The van der Waals surface area contributed by atoms with Crippen LogP contribution in [0.4, 0.5) is 5.69 Å². The molecule has 172 valence electrons. The average molecular weight is 473 g/mol. The summed E-state index contributed by atoms with van der Waals surface area (Å²) >= 11 is 1.98. The van der Waals surface area contributed by atoms with Crippen LogP contribution in [0, 0.1) is 13.8 Å². The molecule has 0 spiro atoms. The van der Waals surface area contributed by atoms with Crippen molar-refractivity contribution in [1.29, 1.82) is 0 Å². The van der Waals surface area contributed by atoms with Gasteiger partial charge in [0.2, 0.25) is 5.91 Å². The fraction of sp³-hybridized carbons (Fsp3) is 0.480. The summed E-state index contributed by atoms with van der Waals surface area (Å²) in [7, 11) is -3.83. The second-order valence-electron chi connectivity index (χ2n) is 9.02.